The monoisotopic (exact) mass is 469 g/mol. The first-order valence-corrected chi connectivity index (χ1v) is 12.1. The highest BCUT2D eigenvalue weighted by atomic mass is 35.5. The summed E-state index contributed by atoms with van der Waals surface area (Å²) in [5, 5.41) is 0.625. The van der Waals surface area contributed by atoms with Crippen molar-refractivity contribution in [3.63, 3.8) is 0 Å². The molecule has 0 N–H and O–H groups in total. The van der Waals surface area contributed by atoms with E-state index >= 15 is 0 Å². The molecule has 0 bridgehead atoms. The maximum absolute atomic E-state index is 13.1. The van der Waals surface area contributed by atoms with E-state index in [1.807, 2.05) is 29.2 Å². The van der Waals surface area contributed by atoms with Gasteiger partial charge in [0.1, 0.15) is 19.0 Å². The molecular formula is C25H28ClN3O4. The van der Waals surface area contributed by atoms with Crippen LogP contribution in [0.3, 0.4) is 0 Å². The number of carbonyl (C=O) groups excluding carboxylic acids is 2. The van der Waals surface area contributed by atoms with Crippen LogP contribution < -0.4 is 14.4 Å². The van der Waals surface area contributed by atoms with Gasteiger partial charge in [-0.15, -0.1) is 0 Å². The Morgan fingerprint density at radius 2 is 1.58 bits per heavy atom. The van der Waals surface area contributed by atoms with Gasteiger partial charge in [0.25, 0.3) is 0 Å². The molecule has 3 aliphatic heterocycles. The van der Waals surface area contributed by atoms with Gasteiger partial charge in [0.2, 0.25) is 5.91 Å². The largest absolute Gasteiger partial charge is 0.486 e. The number of pyridine rings is 1. The van der Waals surface area contributed by atoms with Crippen molar-refractivity contribution in [3.05, 3.63) is 47.1 Å². The van der Waals surface area contributed by atoms with Crippen LogP contribution in [0, 0.1) is 11.8 Å². The van der Waals surface area contributed by atoms with Gasteiger partial charge in [0.15, 0.2) is 17.3 Å². The molecule has 1 aromatic carbocycles. The van der Waals surface area contributed by atoms with Crippen LogP contribution in [0.2, 0.25) is 5.02 Å². The van der Waals surface area contributed by atoms with E-state index in [0.29, 0.717) is 61.2 Å². The van der Waals surface area contributed by atoms with Crippen LogP contribution in [0.15, 0.2) is 36.5 Å². The van der Waals surface area contributed by atoms with E-state index < -0.39 is 0 Å². The molecule has 0 spiro atoms. The number of piperidine rings is 2. The third kappa shape index (κ3) is 4.78. The number of amides is 1. The molecule has 7 nitrogen and oxygen atoms in total. The summed E-state index contributed by atoms with van der Waals surface area (Å²) >= 11 is 5.93. The minimum Gasteiger partial charge on any atom is -0.486 e. The Hall–Kier alpha value is -2.80. The topological polar surface area (TPSA) is 72.0 Å². The van der Waals surface area contributed by atoms with Crippen molar-refractivity contribution in [2.45, 2.75) is 25.7 Å². The van der Waals surface area contributed by atoms with Gasteiger partial charge in [-0.1, -0.05) is 11.6 Å². The number of benzene rings is 1. The summed E-state index contributed by atoms with van der Waals surface area (Å²) in [5.41, 5.74) is 0.659. The van der Waals surface area contributed by atoms with Gasteiger partial charge in [-0.3, -0.25) is 9.59 Å². The lowest BCUT2D eigenvalue weighted by molar-refractivity contribution is -0.137. The van der Waals surface area contributed by atoms with Crippen molar-refractivity contribution in [2.24, 2.45) is 11.8 Å². The lowest BCUT2D eigenvalue weighted by atomic mass is 9.87. The van der Waals surface area contributed by atoms with Gasteiger partial charge in [0.05, 0.1) is 5.02 Å². The molecule has 8 heteroatoms. The molecule has 0 radical (unpaired) electrons. The molecule has 33 heavy (non-hydrogen) atoms. The second-order valence-electron chi connectivity index (χ2n) is 8.92. The number of nitrogens with zero attached hydrogens (tertiary/aromatic N) is 3. The number of hydrogen-bond donors (Lipinski definition) is 0. The van der Waals surface area contributed by atoms with Gasteiger partial charge < -0.3 is 19.3 Å². The van der Waals surface area contributed by atoms with E-state index in [0.717, 1.165) is 31.7 Å². The van der Waals surface area contributed by atoms with E-state index in [1.54, 1.807) is 12.3 Å². The number of likely N-dealkylation sites (tertiary alicyclic amines) is 1. The lowest BCUT2D eigenvalue weighted by Gasteiger charge is -2.37. The Bertz CT molecular complexity index is 1010. The Balaban J connectivity index is 1.12. The van der Waals surface area contributed by atoms with Crippen LogP contribution in [0.25, 0.3) is 0 Å². The number of ketones is 1. The van der Waals surface area contributed by atoms with Crippen LogP contribution in [0.4, 0.5) is 5.82 Å². The number of aromatic nitrogens is 1. The standard InChI is InChI=1S/C25H28ClN3O4/c26-20-2-4-23(27-16-20)28-9-7-18(8-10-28)25(31)29-11-5-17(6-12-29)24(30)19-1-3-21-22(15-19)33-14-13-32-21/h1-4,15-18H,5-14H2. The maximum atomic E-state index is 13.1. The number of rotatable bonds is 4. The van der Waals surface area contributed by atoms with E-state index in [4.69, 9.17) is 21.1 Å². The smallest absolute Gasteiger partial charge is 0.225 e. The van der Waals surface area contributed by atoms with Gasteiger partial charge >= 0.3 is 0 Å². The van der Waals surface area contributed by atoms with Crippen LogP contribution in [-0.4, -0.2) is 61.0 Å². The first kappa shape index (κ1) is 22.0. The molecule has 3 aliphatic rings. The Kier molecular flexibility index (Phi) is 6.40. The molecule has 0 unspecified atom stereocenters. The normalized spacial score (nSPS) is 19.4. The molecule has 2 fully saturated rings. The minimum absolute atomic E-state index is 0.0404. The fraction of sp³-hybridized carbons (Fsp3) is 0.480. The SMILES string of the molecule is O=C(c1ccc2c(c1)OCCO2)C1CCN(C(=O)C2CCN(c3ccc(Cl)cn3)CC2)CC1. The third-order valence-corrected chi connectivity index (χ3v) is 7.11. The molecule has 0 aliphatic carbocycles. The summed E-state index contributed by atoms with van der Waals surface area (Å²) < 4.78 is 11.2. The van der Waals surface area contributed by atoms with Crippen molar-refractivity contribution in [3.8, 4) is 11.5 Å². The van der Waals surface area contributed by atoms with E-state index in [9.17, 15) is 9.59 Å². The predicted octanol–water partition coefficient (Wildman–Crippen LogP) is 3.84. The van der Waals surface area contributed by atoms with Gasteiger partial charge in [0, 0.05) is 49.8 Å². The third-order valence-electron chi connectivity index (χ3n) is 6.88. The van der Waals surface area contributed by atoms with E-state index in [1.165, 1.54) is 0 Å². The number of Topliss-reactive ketones (excluding diaryl/α,β-unsaturated/α-hetero) is 1. The molecular weight excluding hydrogens is 442 g/mol. The lowest BCUT2D eigenvalue weighted by Crippen LogP contribution is -2.46. The molecule has 2 saturated heterocycles. The van der Waals surface area contributed by atoms with Gasteiger partial charge in [-0.2, -0.15) is 0 Å². The molecule has 1 aromatic heterocycles. The Morgan fingerprint density at radius 1 is 0.879 bits per heavy atom. The van der Waals surface area contributed by atoms with Crippen LogP contribution in [0.1, 0.15) is 36.0 Å². The van der Waals surface area contributed by atoms with Crippen molar-refractivity contribution in [1.29, 1.82) is 0 Å². The molecule has 0 atom stereocenters. The number of anilines is 1. The zero-order valence-electron chi connectivity index (χ0n) is 18.5. The summed E-state index contributed by atoms with van der Waals surface area (Å²) in [7, 11) is 0. The highest BCUT2D eigenvalue weighted by molar-refractivity contribution is 6.30. The summed E-state index contributed by atoms with van der Waals surface area (Å²) in [6, 6.07) is 9.19. The number of hydrogen-bond acceptors (Lipinski definition) is 6. The van der Waals surface area contributed by atoms with E-state index in [-0.39, 0.29) is 23.5 Å². The molecule has 1 amide bonds. The van der Waals surface area contributed by atoms with Crippen LogP contribution >= 0.6 is 11.6 Å². The summed E-state index contributed by atoms with van der Waals surface area (Å²) in [4.78, 5) is 34.7. The Labute approximate surface area is 198 Å². The second kappa shape index (κ2) is 9.59. The zero-order valence-corrected chi connectivity index (χ0v) is 19.3. The molecule has 0 saturated carbocycles. The van der Waals surface area contributed by atoms with Crippen molar-refractivity contribution in [1.82, 2.24) is 9.88 Å². The number of ether oxygens (including phenoxy) is 2. The summed E-state index contributed by atoms with van der Waals surface area (Å²) in [6.45, 7) is 3.93. The quantitative estimate of drug-likeness (QED) is 0.633. The van der Waals surface area contributed by atoms with Crippen molar-refractivity contribution < 1.29 is 19.1 Å². The molecule has 2 aromatic rings. The molecule has 174 valence electrons. The number of carbonyl (C=O) groups is 2. The van der Waals surface area contributed by atoms with Gasteiger partial charge in [-0.25, -0.2) is 4.98 Å². The van der Waals surface area contributed by atoms with E-state index in [2.05, 4.69) is 9.88 Å². The number of halogens is 1. The summed E-state index contributed by atoms with van der Waals surface area (Å²) in [5.74, 6) is 2.57. The fourth-order valence-electron chi connectivity index (χ4n) is 4.96. The first-order chi connectivity index (χ1) is 16.1. The Morgan fingerprint density at radius 3 is 2.27 bits per heavy atom. The van der Waals surface area contributed by atoms with Crippen LogP contribution in [-0.2, 0) is 4.79 Å². The summed E-state index contributed by atoms with van der Waals surface area (Å²) in [6.07, 6.45) is 4.70. The average Bonchev–Trinajstić information content (AvgIpc) is 2.88. The second-order valence-corrected chi connectivity index (χ2v) is 9.35. The molecule has 5 rings (SSSR count). The molecule has 4 heterocycles. The first-order valence-electron chi connectivity index (χ1n) is 11.7. The minimum atomic E-state index is -0.0607. The van der Waals surface area contributed by atoms with Gasteiger partial charge in [-0.05, 0) is 56.0 Å². The zero-order chi connectivity index (χ0) is 22.8. The highest BCUT2D eigenvalue weighted by Crippen LogP contribution is 2.33. The van der Waals surface area contributed by atoms with Crippen LogP contribution in [0.5, 0.6) is 11.5 Å². The van der Waals surface area contributed by atoms with Crippen molar-refractivity contribution >= 4 is 29.1 Å². The number of fused-ring (bicyclic) bond motifs is 1. The van der Waals surface area contributed by atoms with Crippen molar-refractivity contribution in [2.75, 3.05) is 44.3 Å². The predicted molar refractivity (Wildman–Crippen MR) is 125 cm³/mol. The highest BCUT2D eigenvalue weighted by Gasteiger charge is 2.33. The maximum Gasteiger partial charge on any atom is 0.225 e. The average molecular weight is 470 g/mol. The fourth-order valence-corrected chi connectivity index (χ4v) is 5.07.